The van der Waals surface area contributed by atoms with Gasteiger partial charge in [0.25, 0.3) is 0 Å². The van der Waals surface area contributed by atoms with Crippen LogP contribution in [0.25, 0.3) is 0 Å². The van der Waals surface area contributed by atoms with E-state index >= 15 is 0 Å². The Labute approximate surface area is 124 Å². The van der Waals surface area contributed by atoms with Gasteiger partial charge in [0.1, 0.15) is 12.1 Å². The van der Waals surface area contributed by atoms with E-state index in [1.165, 1.54) is 0 Å². The lowest BCUT2D eigenvalue weighted by Gasteiger charge is -2.07. The van der Waals surface area contributed by atoms with Crippen LogP contribution in [0.1, 0.15) is 29.4 Å². The molecule has 0 saturated heterocycles. The zero-order valence-electron chi connectivity index (χ0n) is 12.3. The molecule has 0 saturated carbocycles. The van der Waals surface area contributed by atoms with E-state index in [4.69, 9.17) is 10.5 Å². The summed E-state index contributed by atoms with van der Waals surface area (Å²) >= 11 is 0. The summed E-state index contributed by atoms with van der Waals surface area (Å²) in [5.74, 6) is 0.900. The van der Waals surface area contributed by atoms with Gasteiger partial charge in [0, 0.05) is 24.7 Å². The van der Waals surface area contributed by atoms with Gasteiger partial charge in [-0.05, 0) is 37.6 Å². The minimum Gasteiger partial charge on any atom is -0.494 e. The van der Waals surface area contributed by atoms with Crippen LogP contribution in [-0.2, 0) is 12.8 Å². The number of rotatable bonds is 7. The molecule has 0 aliphatic rings. The predicted molar refractivity (Wildman–Crippen MR) is 81.5 cm³/mol. The Bertz CT molecular complexity index is 575. The number of aryl methyl sites for hydroxylation is 1. The van der Waals surface area contributed by atoms with E-state index < -0.39 is 0 Å². The molecule has 0 atom stereocenters. The molecule has 1 aromatic carbocycles. The van der Waals surface area contributed by atoms with E-state index in [0.29, 0.717) is 32.4 Å². The minimum absolute atomic E-state index is 0.0461. The normalized spacial score (nSPS) is 10.6. The fourth-order valence-electron chi connectivity index (χ4n) is 2.17. The number of ether oxygens (including phenoxy) is 1. The fraction of sp³-hybridized carbons (Fsp3) is 0.375. The van der Waals surface area contributed by atoms with Crippen molar-refractivity contribution in [2.75, 3.05) is 13.2 Å². The Morgan fingerprint density at radius 1 is 1.29 bits per heavy atom. The fourth-order valence-corrected chi connectivity index (χ4v) is 2.17. The molecule has 21 heavy (non-hydrogen) atoms. The Balaban J connectivity index is 1.92. The molecule has 1 heterocycles. The molecule has 0 aliphatic carbocycles. The summed E-state index contributed by atoms with van der Waals surface area (Å²) in [6, 6.07) is 7.85. The maximum Gasteiger partial charge on any atom is 0.232 e. The van der Waals surface area contributed by atoms with Gasteiger partial charge >= 0.3 is 0 Å². The van der Waals surface area contributed by atoms with Crippen LogP contribution < -0.4 is 10.5 Å². The first-order valence-electron chi connectivity index (χ1n) is 7.20. The largest absolute Gasteiger partial charge is 0.494 e. The molecule has 0 bridgehead atoms. The molecular formula is C16H21N3O2. The summed E-state index contributed by atoms with van der Waals surface area (Å²) in [6.07, 6.45) is 5.06. The number of hydrogen-bond acceptors (Lipinski definition) is 4. The number of hydrogen-bond donors (Lipinski definition) is 1. The van der Waals surface area contributed by atoms with Crippen LogP contribution in [0.15, 0.2) is 36.8 Å². The number of carbonyl (C=O) groups is 1. The van der Waals surface area contributed by atoms with Crippen LogP contribution in [0.4, 0.5) is 0 Å². The number of nitrogens with zero attached hydrogens (tertiary/aromatic N) is 2. The van der Waals surface area contributed by atoms with Gasteiger partial charge in [-0.25, -0.2) is 4.98 Å². The average Bonchev–Trinajstić information content (AvgIpc) is 2.95. The van der Waals surface area contributed by atoms with Gasteiger partial charge in [-0.3, -0.25) is 9.36 Å². The lowest BCUT2D eigenvalue weighted by molar-refractivity contribution is 0.0900. The highest BCUT2D eigenvalue weighted by Crippen LogP contribution is 2.14. The molecule has 112 valence electrons. The molecule has 0 fully saturated rings. The van der Waals surface area contributed by atoms with Crippen LogP contribution >= 0.6 is 0 Å². The van der Waals surface area contributed by atoms with Crippen molar-refractivity contribution in [3.63, 3.8) is 0 Å². The maximum absolute atomic E-state index is 12.2. The van der Waals surface area contributed by atoms with Crippen molar-refractivity contribution >= 4 is 5.91 Å². The van der Waals surface area contributed by atoms with Crippen molar-refractivity contribution in [3.8, 4) is 5.75 Å². The molecule has 0 aliphatic heterocycles. The van der Waals surface area contributed by atoms with Crippen LogP contribution in [0.2, 0.25) is 0 Å². The molecule has 1 aromatic heterocycles. The lowest BCUT2D eigenvalue weighted by Crippen LogP contribution is -2.16. The second-order valence-corrected chi connectivity index (χ2v) is 4.76. The summed E-state index contributed by atoms with van der Waals surface area (Å²) in [7, 11) is 0. The first-order valence-corrected chi connectivity index (χ1v) is 7.20. The predicted octanol–water partition coefficient (Wildman–Crippen LogP) is 2.06. The van der Waals surface area contributed by atoms with Crippen molar-refractivity contribution in [1.29, 1.82) is 0 Å². The van der Waals surface area contributed by atoms with E-state index in [0.717, 1.165) is 17.0 Å². The smallest absolute Gasteiger partial charge is 0.232 e. The quantitative estimate of drug-likeness (QED) is 0.846. The van der Waals surface area contributed by atoms with Crippen molar-refractivity contribution in [2.24, 2.45) is 5.73 Å². The molecule has 0 amide bonds. The monoisotopic (exact) mass is 287 g/mol. The Morgan fingerprint density at radius 3 is 2.71 bits per heavy atom. The van der Waals surface area contributed by atoms with Crippen LogP contribution in [0.3, 0.4) is 0 Å². The van der Waals surface area contributed by atoms with Crippen LogP contribution in [0, 0.1) is 0 Å². The number of benzene rings is 1. The summed E-state index contributed by atoms with van der Waals surface area (Å²) < 4.78 is 7.00. The topological polar surface area (TPSA) is 70.1 Å². The van der Waals surface area contributed by atoms with E-state index in [9.17, 15) is 4.79 Å². The molecule has 2 N–H and O–H groups in total. The number of carbonyl (C=O) groups excluding carboxylic acids is 1. The van der Waals surface area contributed by atoms with Gasteiger partial charge < -0.3 is 10.5 Å². The molecule has 0 radical (unpaired) electrons. The van der Waals surface area contributed by atoms with Crippen molar-refractivity contribution in [3.05, 3.63) is 48.0 Å². The third kappa shape index (κ3) is 4.16. The van der Waals surface area contributed by atoms with E-state index in [2.05, 4.69) is 4.98 Å². The van der Waals surface area contributed by atoms with Gasteiger partial charge in [0.2, 0.25) is 5.91 Å². The molecule has 0 unspecified atom stereocenters. The van der Waals surface area contributed by atoms with Crippen LogP contribution in [0.5, 0.6) is 5.75 Å². The highest BCUT2D eigenvalue weighted by atomic mass is 16.5. The molecule has 2 aromatic rings. The maximum atomic E-state index is 12.2. The summed E-state index contributed by atoms with van der Waals surface area (Å²) in [4.78, 5) is 16.2. The van der Waals surface area contributed by atoms with Gasteiger partial charge in [-0.15, -0.1) is 0 Å². The first-order chi connectivity index (χ1) is 10.2. The molecule has 5 heteroatoms. The minimum atomic E-state index is 0.0461. The standard InChI is InChI=1S/C16H21N3O2/c1-2-21-15-6-3-13(4-7-15)5-8-16(20)19-12-18-11-14(19)9-10-17/h3-4,6-7,11-12H,2,5,8-10,17H2,1H3. The van der Waals surface area contributed by atoms with E-state index in [1.807, 2.05) is 31.2 Å². The van der Waals surface area contributed by atoms with E-state index in [-0.39, 0.29) is 5.91 Å². The highest BCUT2D eigenvalue weighted by molar-refractivity contribution is 5.79. The third-order valence-corrected chi connectivity index (χ3v) is 3.25. The molecule has 5 nitrogen and oxygen atoms in total. The summed E-state index contributed by atoms with van der Waals surface area (Å²) in [6.45, 7) is 3.12. The van der Waals surface area contributed by atoms with Crippen molar-refractivity contribution < 1.29 is 9.53 Å². The SMILES string of the molecule is CCOc1ccc(CCC(=O)n2cncc2CCN)cc1. The Hall–Kier alpha value is -2.14. The van der Waals surface area contributed by atoms with Gasteiger partial charge in [-0.2, -0.15) is 0 Å². The number of aromatic nitrogens is 2. The summed E-state index contributed by atoms with van der Waals surface area (Å²) in [5.41, 5.74) is 7.52. The number of nitrogens with two attached hydrogens (primary N) is 1. The molecular weight excluding hydrogens is 266 g/mol. The zero-order chi connectivity index (χ0) is 15.1. The average molecular weight is 287 g/mol. The second kappa shape index (κ2) is 7.59. The molecule has 2 rings (SSSR count). The Kier molecular flexibility index (Phi) is 5.51. The second-order valence-electron chi connectivity index (χ2n) is 4.76. The van der Waals surface area contributed by atoms with Crippen LogP contribution in [-0.4, -0.2) is 28.6 Å². The zero-order valence-corrected chi connectivity index (χ0v) is 12.3. The summed E-state index contributed by atoms with van der Waals surface area (Å²) in [5, 5.41) is 0. The van der Waals surface area contributed by atoms with Gasteiger partial charge in [-0.1, -0.05) is 12.1 Å². The van der Waals surface area contributed by atoms with Crippen molar-refractivity contribution in [2.45, 2.75) is 26.2 Å². The van der Waals surface area contributed by atoms with Gasteiger partial charge in [0.15, 0.2) is 0 Å². The number of imidazole rings is 1. The lowest BCUT2D eigenvalue weighted by atomic mass is 10.1. The van der Waals surface area contributed by atoms with Gasteiger partial charge in [0.05, 0.1) is 6.61 Å². The highest BCUT2D eigenvalue weighted by Gasteiger charge is 2.09. The molecule has 0 spiro atoms. The first kappa shape index (κ1) is 15.3. The third-order valence-electron chi connectivity index (χ3n) is 3.25. The Morgan fingerprint density at radius 2 is 2.05 bits per heavy atom. The van der Waals surface area contributed by atoms with E-state index in [1.54, 1.807) is 17.1 Å². The van der Waals surface area contributed by atoms with Crippen molar-refractivity contribution in [1.82, 2.24) is 9.55 Å².